The third-order valence-electron chi connectivity index (χ3n) is 2.82. The quantitative estimate of drug-likeness (QED) is 0.579. The zero-order valence-corrected chi connectivity index (χ0v) is 10.6. The van der Waals surface area contributed by atoms with E-state index in [9.17, 15) is 0 Å². The van der Waals surface area contributed by atoms with E-state index in [0.717, 1.165) is 29.7 Å². The molecule has 0 radical (unpaired) electrons. The van der Waals surface area contributed by atoms with Crippen LogP contribution in [0, 0.1) is 11.8 Å². The molecule has 1 aliphatic rings. The molecule has 1 aliphatic carbocycles. The lowest BCUT2D eigenvalue weighted by Gasteiger charge is -2.08. The summed E-state index contributed by atoms with van der Waals surface area (Å²) in [7, 11) is 0. The summed E-state index contributed by atoms with van der Waals surface area (Å²) < 4.78 is 0. The zero-order chi connectivity index (χ0) is 12.8. The summed E-state index contributed by atoms with van der Waals surface area (Å²) in [6.07, 6.45) is 13.0. The molecule has 18 heavy (non-hydrogen) atoms. The number of nitrogen functional groups attached to an aromatic ring is 1. The van der Waals surface area contributed by atoms with Gasteiger partial charge in [0.15, 0.2) is 0 Å². The third-order valence-corrected chi connectivity index (χ3v) is 2.82. The predicted molar refractivity (Wildman–Crippen MR) is 78.9 cm³/mol. The first-order chi connectivity index (χ1) is 8.81. The molecule has 1 heteroatoms. The molecule has 0 spiro atoms. The maximum Gasteiger partial charge on any atom is 0.0344 e. The van der Waals surface area contributed by atoms with E-state index in [0.29, 0.717) is 0 Å². The molecule has 2 N–H and O–H groups in total. The van der Waals surface area contributed by atoms with E-state index in [2.05, 4.69) is 42.2 Å². The number of anilines is 1. The maximum absolute atomic E-state index is 5.82. The monoisotopic (exact) mass is 235 g/mol. The number of rotatable bonds is 1. The van der Waals surface area contributed by atoms with Crippen molar-refractivity contribution in [2.75, 3.05) is 5.73 Å². The van der Waals surface area contributed by atoms with Crippen molar-refractivity contribution in [3.05, 3.63) is 59.7 Å². The maximum atomic E-state index is 5.82. The highest BCUT2D eigenvalue weighted by Crippen LogP contribution is 2.23. The lowest BCUT2D eigenvalue weighted by Crippen LogP contribution is -1.92. The van der Waals surface area contributed by atoms with Crippen molar-refractivity contribution in [3.8, 4) is 11.8 Å². The predicted octanol–water partition coefficient (Wildman–Crippen LogP) is 3.93. The second-order valence-corrected chi connectivity index (χ2v) is 4.21. The summed E-state index contributed by atoms with van der Waals surface area (Å²) in [6, 6.07) is 5.90. The number of nitrogens with two attached hydrogens (primary N) is 1. The fourth-order valence-corrected chi connectivity index (χ4v) is 1.96. The molecule has 1 nitrogen and oxygen atoms in total. The minimum atomic E-state index is 0.752. The number of allylic oxidation sites excluding steroid dienone is 6. The number of benzene rings is 1. The van der Waals surface area contributed by atoms with Gasteiger partial charge in [-0.25, -0.2) is 0 Å². The van der Waals surface area contributed by atoms with Crippen molar-refractivity contribution in [1.82, 2.24) is 0 Å². The Morgan fingerprint density at radius 2 is 2.00 bits per heavy atom. The van der Waals surface area contributed by atoms with Gasteiger partial charge in [0.1, 0.15) is 0 Å². The van der Waals surface area contributed by atoms with Gasteiger partial charge in [-0.2, -0.15) is 0 Å². The topological polar surface area (TPSA) is 26.0 Å². The van der Waals surface area contributed by atoms with Crippen molar-refractivity contribution in [2.45, 2.75) is 19.8 Å². The lowest BCUT2D eigenvalue weighted by atomic mass is 9.97. The van der Waals surface area contributed by atoms with Crippen LogP contribution in [0.5, 0.6) is 0 Å². The van der Waals surface area contributed by atoms with Crippen LogP contribution in [0.25, 0.3) is 5.57 Å². The zero-order valence-electron chi connectivity index (χ0n) is 10.6. The van der Waals surface area contributed by atoms with Crippen molar-refractivity contribution in [3.63, 3.8) is 0 Å². The van der Waals surface area contributed by atoms with Crippen LogP contribution in [0.1, 0.15) is 30.9 Å². The van der Waals surface area contributed by atoms with E-state index in [1.165, 1.54) is 5.57 Å². The van der Waals surface area contributed by atoms with Gasteiger partial charge in [0.25, 0.3) is 0 Å². The minimum Gasteiger partial charge on any atom is -0.399 e. The van der Waals surface area contributed by atoms with Crippen molar-refractivity contribution >= 4 is 11.3 Å². The molecule has 0 atom stereocenters. The van der Waals surface area contributed by atoms with Crippen molar-refractivity contribution in [1.29, 1.82) is 0 Å². The Balaban J connectivity index is 2.51. The lowest BCUT2D eigenvalue weighted by molar-refractivity contribution is 1.05. The normalized spacial score (nSPS) is 20.6. The van der Waals surface area contributed by atoms with Gasteiger partial charge in [-0.05, 0) is 43.0 Å². The molecule has 90 valence electrons. The first-order valence-corrected chi connectivity index (χ1v) is 6.17. The van der Waals surface area contributed by atoms with E-state index in [-0.39, 0.29) is 0 Å². The van der Waals surface area contributed by atoms with Gasteiger partial charge in [0.2, 0.25) is 0 Å². The van der Waals surface area contributed by atoms with Gasteiger partial charge >= 0.3 is 0 Å². The molecule has 0 fully saturated rings. The highest BCUT2D eigenvalue weighted by molar-refractivity contribution is 5.80. The largest absolute Gasteiger partial charge is 0.399 e. The van der Waals surface area contributed by atoms with Crippen LogP contribution in [0.2, 0.25) is 0 Å². The molecule has 0 saturated carbocycles. The Bertz CT molecular complexity index is 577. The van der Waals surface area contributed by atoms with E-state index >= 15 is 0 Å². The Labute approximate surface area is 109 Å². The Morgan fingerprint density at radius 3 is 2.83 bits per heavy atom. The van der Waals surface area contributed by atoms with E-state index < -0.39 is 0 Å². The average Bonchev–Trinajstić information content (AvgIpc) is 2.30. The Kier molecular flexibility index (Phi) is 4.04. The highest BCUT2D eigenvalue weighted by Gasteiger charge is 2.04. The molecule has 0 heterocycles. The van der Waals surface area contributed by atoms with E-state index in [1.54, 1.807) is 0 Å². The van der Waals surface area contributed by atoms with Gasteiger partial charge in [-0.15, -0.1) is 5.92 Å². The number of hydrogen-bond acceptors (Lipinski definition) is 1. The van der Waals surface area contributed by atoms with Gasteiger partial charge < -0.3 is 5.73 Å². The first kappa shape index (κ1) is 12.3. The van der Waals surface area contributed by atoms with Crippen LogP contribution in [0.4, 0.5) is 5.69 Å². The van der Waals surface area contributed by atoms with Crippen LogP contribution < -0.4 is 5.73 Å². The SMILES string of the molecule is CC#Cc1cc(N)ccc1C1=C/C=C/CC/C=C\1. The molecule has 0 bridgehead atoms. The standard InChI is InChI=1S/C17H17N/c1-2-8-15-13-16(18)11-12-17(15)14-9-6-4-3-5-7-10-14/h4,6-7,9-13H,3,5,18H2,1H3/b6-4+,10-7-,14-9+. The van der Waals surface area contributed by atoms with E-state index in [4.69, 9.17) is 5.73 Å². The Morgan fingerprint density at radius 1 is 1.17 bits per heavy atom. The summed E-state index contributed by atoms with van der Waals surface area (Å²) >= 11 is 0. The van der Waals surface area contributed by atoms with Crippen LogP contribution in [-0.2, 0) is 0 Å². The van der Waals surface area contributed by atoms with Gasteiger partial charge in [0.05, 0.1) is 0 Å². The first-order valence-electron chi connectivity index (χ1n) is 6.17. The molecule has 1 aromatic carbocycles. The second kappa shape index (κ2) is 5.93. The molecular weight excluding hydrogens is 218 g/mol. The van der Waals surface area contributed by atoms with Gasteiger partial charge in [-0.3, -0.25) is 0 Å². The Hall–Kier alpha value is -2.20. The second-order valence-electron chi connectivity index (χ2n) is 4.21. The molecule has 0 aromatic heterocycles. The molecule has 0 unspecified atom stereocenters. The summed E-state index contributed by atoms with van der Waals surface area (Å²) in [5.74, 6) is 6.07. The molecular formula is C17H17N. The summed E-state index contributed by atoms with van der Waals surface area (Å²) in [4.78, 5) is 0. The van der Waals surface area contributed by atoms with E-state index in [1.807, 2.05) is 25.1 Å². The minimum absolute atomic E-state index is 0.752. The molecule has 0 amide bonds. The van der Waals surface area contributed by atoms with Crippen LogP contribution in [0.3, 0.4) is 0 Å². The number of hydrogen-bond donors (Lipinski definition) is 1. The highest BCUT2D eigenvalue weighted by atomic mass is 14.5. The van der Waals surface area contributed by atoms with Crippen molar-refractivity contribution in [2.24, 2.45) is 0 Å². The summed E-state index contributed by atoms with van der Waals surface area (Å²) in [6.45, 7) is 1.84. The fraction of sp³-hybridized carbons (Fsp3) is 0.176. The summed E-state index contributed by atoms with van der Waals surface area (Å²) in [5.41, 5.74) is 9.89. The van der Waals surface area contributed by atoms with Gasteiger partial charge in [-0.1, -0.05) is 42.4 Å². The fourth-order valence-electron chi connectivity index (χ4n) is 1.96. The molecule has 2 rings (SSSR count). The van der Waals surface area contributed by atoms with Crippen LogP contribution in [-0.4, -0.2) is 0 Å². The summed E-state index contributed by atoms with van der Waals surface area (Å²) in [5, 5.41) is 0. The van der Waals surface area contributed by atoms with Crippen LogP contribution >= 0.6 is 0 Å². The van der Waals surface area contributed by atoms with Gasteiger partial charge in [0, 0.05) is 11.3 Å². The molecule has 1 aromatic rings. The van der Waals surface area contributed by atoms with Crippen molar-refractivity contribution < 1.29 is 0 Å². The molecule has 0 saturated heterocycles. The smallest absolute Gasteiger partial charge is 0.0344 e. The molecule has 0 aliphatic heterocycles. The van der Waals surface area contributed by atoms with Crippen LogP contribution in [0.15, 0.2) is 48.6 Å². The average molecular weight is 235 g/mol. The third kappa shape index (κ3) is 2.93.